The molecule has 108 valence electrons. The number of methoxy groups -OCH3 is 1. The lowest BCUT2D eigenvalue weighted by Gasteiger charge is -2.24. The maximum absolute atomic E-state index is 5.52. The fraction of sp³-hybridized carbons (Fsp3) is 0.625. The second kappa shape index (κ2) is 8.60. The van der Waals surface area contributed by atoms with Gasteiger partial charge in [-0.25, -0.2) is 0 Å². The summed E-state index contributed by atoms with van der Waals surface area (Å²) in [4.78, 5) is 0. The van der Waals surface area contributed by atoms with Crippen LogP contribution in [0.2, 0.25) is 0 Å². The summed E-state index contributed by atoms with van der Waals surface area (Å²) in [5.41, 5.74) is 1.26. The van der Waals surface area contributed by atoms with Crippen LogP contribution in [0.15, 0.2) is 22.7 Å². The lowest BCUT2D eigenvalue weighted by Crippen LogP contribution is -2.24. The van der Waals surface area contributed by atoms with Gasteiger partial charge in [-0.1, -0.05) is 43.1 Å². The molecule has 1 rings (SSSR count). The number of hydrogen-bond acceptors (Lipinski definition) is 2. The van der Waals surface area contributed by atoms with Gasteiger partial charge in [0.25, 0.3) is 0 Å². The van der Waals surface area contributed by atoms with Gasteiger partial charge in [0.2, 0.25) is 0 Å². The smallest absolute Gasteiger partial charge is 0.123 e. The Morgan fingerprint density at radius 2 is 2.05 bits per heavy atom. The number of benzene rings is 1. The van der Waals surface area contributed by atoms with Crippen molar-refractivity contribution in [3.63, 3.8) is 0 Å². The van der Waals surface area contributed by atoms with Crippen LogP contribution in [0.1, 0.15) is 51.6 Å². The highest BCUT2D eigenvalue weighted by Crippen LogP contribution is 2.32. The van der Waals surface area contributed by atoms with Crippen molar-refractivity contribution in [2.45, 2.75) is 46.1 Å². The zero-order valence-electron chi connectivity index (χ0n) is 12.5. The van der Waals surface area contributed by atoms with E-state index in [-0.39, 0.29) is 0 Å². The summed E-state index contributed by atoms with van der Waals surface area (Å²) in [7, 11) is 1.74. The van der Waals surface area contributed by atoms with E-state index < -0.39 is 0 Å². The maximum atomic E-state index is 5.52. The molecule has 2 unspecified atom stereocenters. The standard InChI is InChI=1S/C16H26BrNO/c1-5-9-18-15(10-12(3)6-2)14-11-13(17)7-8-16(14)19-4/h7-8,11-12,15,18H,5-6,9-10H2,1-4H3. The van der Waals surface area contributed by atoms with Crippen molar-refractivity contribution >= 4 is 15.9 Å². The molecular weight excluding hydrogens is 302 g/mol. The second-order valence-electron chi connectivity index (χ2n) is 5.14. The minimum Gasteiger partial charge on any atom is -0.496 e. The Morgan fingerprint density at radius 1 is 1.32 bits per heavy atom. The van der Waals surface area contributed by atoms with Crippen LogP contribution in [-0.2, 0) is 0 Å². The van der Waals surface area contributed by atoms with Crippen molar-refractivity contribution in [2.24, 2.45) is 5.92 Å². The molecule has 0 saturated carbocycles. The predicted octanol–water partition coefficient (Wildman–Crippen LogP) is 4.93. The second-order valence-corrected chi connectivity index (χ2v) is 6.06. The summed E-state index contributed by atoms with van der Waals surface area (Å²) in [6, 6.07) is 6.61. The van der Waals surface area contributed by atoms with Crippen molar-refractivity contribution in [2.75, 3.05) is 13.7 Å². The summed E-state index contributed by atoms with van der Waals surface area (Å²) in [6.45, 7) is 7.80. The van der Waals surface area contributed by atoms with Crippen LogP contribution in [0.5, 0.6) is 5.75 Å². The molecule has 0 amide bonds. The van der Waals surface area contributed by atoms with Crippen LogP contribution in [-0.4, -0.2) is 13.7 Å². The molecule has 1 aromatic carbocycles. The van der Waals surface area contributed by atoms with E-state index in [9.17, 15) is 0 Å². The third-order valence-corrected chi connectivity index (χ3v) is 4.04. The van der Waals surface area contributed by atoms with Crippen LogP contribution in [0.3, 0.4) is 0 Å². The van der Waals surface area contributed by atoms with Crippen molar-refractivity contribution in [3.8, 4) is 5.75 Å². The minimum absolute atomic E-state index is 0.363. The molecule has 2 atom stereocenters. The first-order chi connectivity index (χ1) is 9.12. The van der Waals surface area contributed by atoms with Crippen molar-refractivity contribution in [1.29, 1.82) is 0 Å². The summed E-state index contributed by atoms with van der Waals surface area (Å²) in [6.07, 6.45) is 3.50. The number of halogens is 1. The summed E-state index contributed by atoms with van der Waals surface area (Å²) in [5.74, 6) is 1.68. The maximum Gasteiger partial charge on any atom is 0.123 e. The molecule has 0 aromatic heterocycles. The van der Waals surface area contributed by atoms with Gasteiger partial charge in [0.05, 0.1) is 7.11 Å². The Kier molecular flexibility index (Phi) is 7.47. The van der Waals surface area contributed by atoms with Crippen LogP contribution < -0.4 is 10.1 Å². The molecule has 0 saturated heterocycles. The Labute approximate surface area is 126 Å². The zero-order chi connectivity index (χ0) is 14.3. The Hall–Kier alpha value is -0.540. The van der Waals surface area contributed by atoms with Gasteiger partial charge in [-0.2, -0.15) is 0 Å². The monoisotopic (exact) mass is 327 g/mol. The SMILES string of the molecule is CCCNC(CC(C)CC)c1cc(Br)ccc1OC. The number of hydrogen-bond donors (Lipinski definition) is 1. The van der Waals surface area contributed by atoms with Gasteiger partial charge in [0.15, 0.2) is 0 Å². The van der Waals surface area contributed by atoms with Crippen LogP contribution >= 0.6 is 15.9 Å². The normalized spacial score (nSPS) is 14.2. The number of ether oxygens (including phenoxy) is 1. The molecule has 0 spiro atoms. The molecule has 19 heavy (non-hydrogen) atoms. The number of nitrogens with one attached hydrogen (secondary N) is 1. The molecule has 0 aliphatic rings. The van der Waals surface area contributed by atoms with E-state index in [0.717, 1.165) is 29.6 Å². The number of rotatable bonds is 8. The lowest BCUT2D eigenvalue weighted by molar-refractivity contribution is 0.370. The first-order valence-electron chi connectivity index (χ1n) is 7.19. The molecule has 0 bridgehead atoms. The topological polar surface area (TPSA) is 21.3 Å². The molecular formula is C16H26BrNO. The molecule has 1 aromatic rings. The van der Waals surface area contributed by atoms with E-state index in [1.54, 1.807) is 7.11 Å². The minimum atomic E-state index is 0.363. The largest absolute Gasteiger partial charge is 0.496 e. The van der Waals surface area contributed by atoms with Gasteiger partial charge >= 0.3 is 0 Å². The van der Waals surface area contributed by atoms with E-state index >= 15 is 0 Å². The molecule has 0 aliphatic heterocycles. The van der Waals surface area contributed by atoms with Gasteiger partial charge < -0.3 is 10.1 Å². The van der Waals surface area contributed by atoms with E-state index in [4.69, 9.17) is 4.74 Å². The quantitative estimate of drug-likeness (QED) is 0.730. The average molecular weight is 328 g/mol. The Morgan fingerprint density at radius 3 is 2.63 bits per heavy atom. The van der Waals surface area contributed by atoms with E-state index in [0.29, 0.717) is 12.0 Å². The summed E-state index contributed by atoms with van der Waals surface area (Å²) >= 11 is 3.56. The molecule has 0 aliphatic carbocycles. The van der Waals surface area contributed by atoms with Crippen molar-refractivity contribution in [1.82, 2.24) is 5.32 Å². The molecule has 3 heteroatoms. The summed E-state index contributed by atoms with van der Waals surface area (Å²) < 4.78 is 6.62. The fourth-order valence-corrected chi connectivity index (χ4v) is 2.56. The third kappa shape index (κ3) is 5.15. The molecule has 0 fully saturated rings. The zero-order valence-corrected chi connectivity index (χ0v) is 14.1. The molecule has 1 N–H and O–H groups in total. The highest BCUT2D eigenvalue weighted by molar-refractivity contribution is 9.10. The molecule has 2 nitrogen and oxygen atoms in total. The lowest BCUT2D eigenvalue weighted by atomic mass is 9.93. The van der Waals surface area contributed by atoms with E-state index in [2.05, 4.69) is 48.1 Å². The average Bonchev–Trinajstić information content (AvgIpc) is 2.43. The van der Waals surface area contributed by atoms with Crippen molar-refractivity contribution in [3.05, 3.63) is 28.2 Å². The summed E-state index contributed by atoms with van der Waals surface area (Å²) in [5, 5.41) is 3.65. The van der Waals surface area contributed by atoms with Crippen LogP contribution in [0.25, 0.3) is 0 Å². The van der Waals surface area contributed by atoms with Gasteiger partial charge in [-0.3, -0.25) is 0 Å². The van der Waals surface area contributed by atoms with E-state index in [1.807, 2.05) is 12.1 Å². The Balaban J connectivity index is 2.97. The highest BCUT2D eigenvalue weighted by atomic mass is 79.9. The molecule has 0 heterocycles. The molecule has 0 radical (unpaired) electrons. The van der Waals surface area contributed by atoms with Gasteiger partial charge in [0.1, 0.15) is 5.75 Å². The van der Waals surface area contributed by atoms with E-state index in [1.165, 1.54) is 12.0 Å². The van der Waals surface area contributed by atoms with Crippen molar-refractivity contribution < 1.29 is 4.74 Å². The first kappa shape index (κ1) is 16.5. The fourth-order valence-electron chi connectivity index (χ4n) is 2.19. The van der Waals surface area contributed by atoms with Gasteiger partial charge in [-0.15, -0.1) is 0 Å². The first-order valence-corrected chi connectivity index (χ1v) is 7.98. The van der Waals surface area contributed by atoms with Crippen LogP contribution in [0.4, 0.5) is 0 Å². The predicted molar refractivity (Wildman–Crippen MR) is 85.8 cm³/mol. The van der Waals surface area contributed by atoms with Gasteiger partial charge in [0, 0.05) is 16.1 Å². The van der Waals surface area contributed by atoms with Crippen LogP contribution in [0, 0.1) is 5.92 Å². The highest BCUT2D eigenvalue weighted by Gasteiger charge is 2.18. The third-order valence-electron chi connectivity index (χ3n) is 3.54. The Bertz CT molecular complexity index is 381. The van der Waals surface area contributed by atoms with Gasteiger partial charge in [-0.05, 0) is 43.5 Å².